The summed E-state index contributed by atoms with van der Waals surface area (Å²) < 4.78 is 12.3. The smallest absolute Gasteiger partial charge is 0.161 e. The van der Waals surface area contributed by atoms with E-state index < -0.39 is 0 Å². The van der Waals surface area contributed by atoms with Crippen LogP contribution in [0.25, 0.3) is 121 Å². The van der Waals surface area contributed by atoms with Gasteiger partial charge in [-0.15, -0.1) is 0 Å². The molecule has 3 heterocycles. The van der Waals surface area contributed by atoms with Crippen LogP contribution in [0.4, 0.5) is 0 Å². The summed E-state index contributed by atoms with van der Waals surface area (Å²) in [6.07, 6.45) is 0. The molecule has 4 heteroatoms. The van der Waals surface area contributed by atoms with E-state index in [9.17, 15) is 0 Å². The Morgan fingerprint density at radius 2 is 0.696 bits per heavy atom. The number of hydrogen-bond donors (Lipinski definition) is 0. The molecule has 56 heavy (non-hydrogen) atoms. The molecule has 0 N–H and O–H groups in total. The third kappa shape index (κ3) is 4.66. The quantitative estimate of drug-likeness (QED) is 0.182. The lowest BCUT2D eigenvalue weighted by Crippen LogP contribution is -1.97. The number of hydrogen-bond acceptors (Lipinski definition) is 4. The van der Waals surface area contributed by atoms with Gasteiger partial charge in [0.05, 0.1) is 11.2 Å². The second-order valence-electron chi connectivity index (χ2n) is 14.4. The van der Waals surface area contributed by atoms with Crippen molar-refractivity contribution in [2.45, 2.75) is 0 Å². The fourth-order valence-electron chi connectivity index (χ4n) is 8.69. The Hall–Kier alpha value is -7.56. The van der Waals surface area contributed by atoms with Crippen molar-refractivity contribution < 1.29 is 8.83 Å². The van der Waals surface area contributed by atoms with Gasteiger partial charge in [-0.05, 0) is 92.3 Å². The maximum absolute atomic E-state index is 6.16. The first kappa shape index (κ1) is 30.9. The molecule has 0 saturated carbocycles. The highest BCUT2D eigenvalue weighted by molar-refractivity contribution is 6.12. The number of rotatable bonds is 4. The van der Waals surface area contributed by atoms with E-state index in [1.54, 1.807) is 0 Å². The van der Waals surface area contributed by atoms with Crippen LogP contribution in [-0.2, 0) is 0 Å². The molecule has 4 nitrogen and oxygen atoms in total. The Bertz CT molecular complexity index is 3560. The average Bonchev–Trinajstić information content (AvgIpc) is 3.83. The zero-order chi connectivity index (χ0) is 36.7. The maximum atomic E-state index is 6.16. The Labute approximate surface area is 320 Å². The van der Waals surface area contributed by atoms with Gasteiger partial charge >= 0.3 is 0 Å². The van der Waals surface area contributed by atoms with Crippen molar-refractivity contribution in [3.63, 3.8) is 0 Å². The molecular weight excluding hydrogens is 685 g/mol. The lowest BCUT2D eigenvalue weighted by Gasteiger charge is -2.16. The van der Waals surface area contributed by atoms with Crippen LogP contribution in [0.2, 0.25) is 0 Å². The summed E-state index contributed by atoms with van der Waals surface area (Å²) in [5.74, 6) is 0.697. The molecule has 9 aromatic carbocycles. The van der Waals surface area contributed by atoms with Crippen LogP contribution in [0.1, 0.15) is 0 Å². The minimum atomic E-state index is 0.697. The molecule has 0 spiro atoms. The predicted molar refractivity (Wildman–Crippen MR) is 231 cm³/mol. The van der Waals surface area contributed by atoms with Gasteiger partial charge in [0, 0.05) is 38.1 Å². The van der Waals surface area contributed by atoms with Gasteiger partial charge in [0.25, 0.3) is 0 Å². The lowest BCUT2D eigenvalue weighted by molar-refractivity contribution is 0.668. The van der Waals surface area contributed by atoms with Gasteiger partial charge in [-0.25, -0.2) is 9.97 Å². The first-order valence-electron chi connectivity index (χ1n) is 18.9. The number of aromatic nitrogens is 2. The van der Waals surface area contributed by atoms with Crippen LogP contribution in [0.3, 0.4) is 0 Å². The van der Waals surface area contributed by atoms with E-state index in [1.807, 2.05) is 24.3 Å². The Morgan fingerprint density at radius 1 is 0.286 bits per heavy atom. The summed E-state index contributed by atoms with van der Waals surface area (Å²) in [5, 5.41) is 10.0. The number of fused-ring (bicyclic) bond motifs is 9. The SMILES string of the molecule is c1ccc2c(-c3ccc(-c4ccc5oc6ccccc6c5c4)c4ccccc34)nc(-c3ccc(-c4ccc5oc6ccccc6c5c4)c4ccccc34)nc2c1. The molecular formula is C52H30N2O2. The fraction of sp³-hybridized carbons (Fsp3) is 0. The predicted octanol–water partition coefficient (Wildman–Crippen LogP) is 14.4. The van der Waals surface area contributed by atoms with E-state index >= 15 is 0 Å². The van der Waals surface area contributed by atoms with Gasteiger partial charge in [0.1, 0.15) is 22.3 Å². The van der Waals surface area contributed by atoms with Crippen LogP contribution in [-0.4, -0.2) is 9.97 Å². The fourth-order valence-corrected chi connectivity index (χ4v) is 8.69. The number of furan rings is 2. The molecule has 0 aliphatic rings. The first-order valence-corrected chi connectivity index (χ1v) is 18.9. The molecule has 0 aliphatic heterocycles. The van der Waals surface area contributed by atoms with Gasteiger partial charge in [0.2, 0.25) is 0 Å². The highest BCUT2D eigenvalue weighted by Gasteiger charge is 2.19. The highest BCUT2D eigenvalue weighted by atomic mass is 16.3. The van der Waals surface area contributed by atoms with Crippen molar-refractivity contribution in [3.8, 4) is 44.9 Å². The normalized spacial score (nSPS) is 11.9. The largest absolute Gasteiger partial charge is 0.456 e. The monoisotopic (exact) mass is 714 g/mol. The summed E-state index contributed by atoms with van der Waals surface area (Å²) in [4.78, 5) is 10.7. The zero-order valence-electron chi connectivity index (χ0n) is 30.0. The van der Waals surface area contributed by atoms with Gasteiger partial charge in [-0.3, -0.25) is 0 Å². The molecule has 0 amide bonds. The summed E-state index contributed by atoms with van der Waals surface area (Å²) in [6, 6.07) is 63.9. The van der Waals surface area contributed by atoms with E-state index in [4.69, 9.17) is 18.8 Å². The van der Waals surface area contributed by atoms with Crippen molar-refractivity contribution in [2.75, 3.05) is 0 Å². The van der Waals surface area contributed by atoms with Crippen molar-refractivity contribution in [1.82, 2.24) is 9.97 Å². The van der Waals surface area contributed by atoms with Crippen LogP contribution < -0.4 is 0 Å². The minimum absolute atomic E-state index is 0.697. The molecule has 0 radical (unpaired) electrons. The summed E-state index contributed by atoms with van der Waals surface area (Å²) in [6.45, 7) is 0. The van der Waals surface area contributed by atoms with Crippen molar-refractivity contribution in [3.05, 3.63) is 182 Å². The standard InChI is InChI=1S/C52H30N2O2/c1-3-13-37-35(11-1)33(31-21-27-49-44(29-31)39-15-6-9-19-47(39)55-49)23-25-41(37)51-43-17-5-8-18-46(43)53-52(54-51)42-26-24-34(36-12-2-4-14-38(36)42)32-22-28-50-45(30-32)40-16-7-10-20-48(40)56-50/h1-30H. The topological polar surface area (TPSA) is 52.1 Å². The molecule has 0 atom stereocenters. The van der Waals surface area contributed by atoms with E-state index in [1.165, 1.54) is 10.9 Å². The second-order valence-corrected chi connectivity index (χ2v) is 14.4. The zero-order valence-corrected chi connectivity index (χ0v) is 30.0. The highest BCUT2D eigenvalue weighted by Crippen LogP contribution is 2.42. The van der Waals surface area contributed by atoms with Crippen molar-refractivity contribution in [1.29, 1.82) is 0 Å². The minimum Gasteiger partial charge on any atom is -0.456 e. The Balaban J connectivity index is 1.03. The number of nitrogens with zero attached hydrogens (tertiary/aromatic N) is 2. The molecule has 0 unspecified atom stereocenters. The summed E-state index contributed by atoms with van der Waals surface area (Å²) in [7, 11) is 0. The molecule has 3 aromatic heterocycles. The summed E-state index contributed by atoms with van der Waals surface area (Å²) in [5.41, 5.74) is 12.1. The van der Waals surface area contributed by atoms with Crippen molar-refractivity contribution >= 4 is 76.3 Å². The van der Waals surface area contributed by atoms with Crippen LogP contribution >= 0.6 is 0 Å². The molecule has 260 valence electrons. The third-order valence-electron chi connectivity index (χ3n) is 11.3. The average molecular weight is 715 g/mol. The molecule has 12 rings (SSSR count). The lowest BCUT2D eigenvalue weighted by atomic mass is 9.92. The second kappa shape index (κ2) is 12.0. The van der Waals surface area contributed by atoms with E-state index in [-0.39, 0.29) is 0 Å². The third-order valence-corrected chi connectivity index (χ3v) is 11.3. The van der Waals surface area contributed by atoms with Gasteiger partial charge in [-0.2, -0.15) is 0 Å². The molecule has 0 aliphatic carbocycles. The van der Waals surface area contributed by atoms with E-state index in [0.29, 0.717) is 5.82 Å². The maximum Gasteiger partial charge on any atom is 0.161 e. The van der Waals surface area contributed by atoms with Crippen molar-refractivity contribution in [2.24, 2.45) is 0 Å². The van der Waals surface area contributed by atoms with E-state index in [0.717, 1.165) is 104 Å². The van der Waals surface area contributed by atoms with E-state index in [2.05, 4.69) is 158 Å². The Kier molecular flexibility index (Phi) is 6.60. The number of benzene rings is 9. The van der Waals surface area contributed by atoms with Crippen LogP contribution in [0, 0.1) is 0 Å². The first-order chi connectivity index (χ1) is 27.7. The van der Waals surface area contributed by atoms with Crippen LogP contribution in [0.15, 0.2) is 191 Å². The van der Waals surface area contributed by atoms with Gasteiger partial charge in [0.15, 0.2) is 5.82 Å². The van der Waals surface area contributed by atoms with Crippen LogP contribution in [0.5, 0.6) is 0 Å². The summed E-state index contributed by atoms with van der Waals surface area (Å²) >= 11 is 0. The van der Waals surface area contributed by atoms with Gasteiger partial charge < -0.3 is 8.83 Å². The Morgan fingerprint density at radius 3 is 1.27 bits per heavy atom. The number of para-hydroxylation sites is 3. The molecule has 0 saturated heterocycles. The van der Waals surface area contributed by atoms with Gasteiger partial charge in [-0.1, -0.05) is 133 Å². The molecule has 0 bridgehead atoms. The molecule has 0 fully saturated rings. The molecule has 12 aromatic rings.